The zero-order valence-electron chi connectivity index (χ0n) is 13.6. The van der Waals surface area contributed by atoms with E-state index in [4.69, 9.17) is 23.2 Å². The molecule has 25 heavy (non-hydrogen) atoms. The summed E-state index contributed by atoms with van der Waals surface area (Å²) in [7, 11) is 0. The van der Waals surface area contributed by atoms with Gasteiger partial charge in [-0.15, -0.1) is 0 Å². The molecule has 1 amide bonds. The van der Waals surface area contributed by atoms with Gasteiger partial charge in [-0.25, -0.2) is 0 Å². The maximum Gasteiger partial charge on any atom is 0.267 e. The van der Waals surface area contributed by atoms with Crippen molar-refractivity contribution < 1.29 is 4.79 Å². The van der Waals surface area contributed by atoms with Gasteiger partial charge in [-0.3, -0.25) is 4.79 Å². The van der Waals surface area contributed by atoms with E-state index in [9.17, 15) is 10.1 Å². The number of carbonyl (C=O) groups is 1. The van der Waals surface area contributed by atoms with E-state index in [0.717, 1.165) is 17.5 Å². The lowest BCUT2D eigenvalue weighted by Crippen LogP contribution is -2.18. The number of amides is 1. The fourth-order valence-electron chi connectivity index (χ4n) is 2.12. The molecular weight excluding hydrogens is 357 g/mol. The lowest BCUT2D eigenvalue weighted by atomic mass is 10.1. The zero-order chi connectivity index (χ0) is 18.2. The molecular formula is C19H17Cl2N3O. The van der Waals surface area contributed by atoms with Gasteiger partial charge in [0.15, 0.2) is 0 Å². The summed E-state index contributed by atoms with van der Waals surface area (Å²) >= 11 is 11.9. The van der Waals surface area contributed by atoms with Gasteiger partial charge in [0.05, 0.1) is 0 Å². The van der Waals surface area contributed by atoms with Crippen LogP contribution >= 0.6 is 23.2 Å². The van der Waals surface area contributed by atoms with Crippen LogP contribution in [-0.2, 0) is 11.2 Å². The van der Waals surface area contributed by atoms with E-state index in [1.807, 2.05) is 30.3 Å². The molecule has 0 atom stereocenters. The number of hydrogen-bond donors (Lipinski definition) is 2. The van der Waals surface area contributed by atoms with Gasteiger partial charge in [-0.2, -0.15) is 5.26 Å². The summed E-state index contributed by atoms with van der Waals surface area (Å²) in [4.78, 5) is 12.2. The van der Waals surface area contributed by atoms with Gasteiger partial charge < -0.3 is 10.6 Å². The second kappa shape index (κ2) is 9.12. The van der Waals surface area contributed by atoms with Crippen molar-refractivity contribution in [3.63, 3.8) is 0 Å². The molecule has 4 nitrogen and oxygen atoms in total. The first-order valence-corrected chi connectivity index (χ1v) is 8.41. The fourth-order valence-corrected chi connectivity index (χ4v) is 2.42. The van der Waals surface area contributed by atoms with Crippen LogP contribution in [-0.4, -0.2) is 12.5 Å². The Morgan fingerprint density at radius 3 is 2.60 bits per heavy atom. The van der Waals surface area contributed by atoms with Crippen molar-refractivity contribution in [3.05, 3.63) is 75.4 Å². The molecule has 0 aromatic heterocycles. The third kappa shape index (κ3) is 5.53. The minimum absolute atomic E-state index is 0.00418. The summed E-state index contributed by atoms with van der Waals surface area (Å²) in [6.07, 6.45) is 2.17. The first-order chi connectivity index (χ1) is 12.0. The first-order valence-electron chi connectivity index (χ1n) is 7.66. The molecule has 0 heterocycles. The molecule has 6 heteroatoms. The molecule has 0 saturated carbocycles. The van der Waals surface area contributed by atoms with Crippen LogP contribution < -0.4 is 10.6 Å². The van der Waals surface area contributed by atoms with E-state index < -0.39 is 5.91 Å². The van der Waals surface area contributed by atoms with Gasteiger partial charge in [-0.1, -0.05) is 41.4 Å². The van der Waals surface area contributed by atoms with Gasteiger partial charge in [0.25, 0.3) is 5.91 Å². The van der Waals surface area contributed by atoms with E-state index in [0.29, 0.717) is 22.3 Å². The van der Waals surface area contributed by atoms with Gasteiger partial charge in [0, 0.05) is 28.5 Å². The Balaban J connectivity index is 1.92. The van der Waals surface area contributed by atoms with Crippen LogP contribution in [0, 0.1) is 18.3 Å². The van der Waals surface area contributed by atoms with Crippen LogP contribution in [0.3, 0.4) is 0 Å². The minimum atomic E-state index is -0.480. The largest absolute Gasteiger partial charge is 0.389 e. The molecule has 0 saturated heterocycles. The van der Waals surface area contributed by atoms with Crippen LogP contribution in [0.15, 0.2) is 54.2 Å². The van der Waals surface area contributed by atoms with Crippen molar-refractivity contribution in [2.45, 2.75) is 13.3 Å². The highest BCUT2D eigenvalue weighted by Gasteiger charge is 2.11. The molecule has 0 aliphatic carbocycles. The molecule has 2 aromatic rings. The van der Waals surface area contributed by atoms with E-state index in [-0.39, 0.29) is 5.57 Å². The molecule has 128 valence electrons. The van der Waals surface area contributed by atoms with E-state index in [1.54, 1.807) is 25.1 Å². The number of hydrogen-bond acceptors (Lipinski definition) is 3. The Morgan fingerprint density at radius 2 is 1.92 bits per heavy atom. The Kier molecular flexibility index (Phi) is 6.88. The average molecular weight is 374 g/mol. The number of nitriles is 1. The molecule has 0 bridgehead atoms. The van der Waals surface area contributed by atoms with Crippen LogP contribution in [0.5, 0.6) is 0 Å². The number of carbonyl (C=O) groups excluding carboxylic acids is 1. The third-order valence-corrected chi connectivity index (χ3v) is 4.26. The Hall–Kier alpha value is -2.48. The second-order valence-corrected chi connectivity index (χ2v) is 6.21. The van der Waals surface area contributed by atoms with Gasteiger partial charge in [0.1, 0.15) is 11.6 Å². The van der Waals surface area contributed by atoms with Gasteiger partial charge >= 0.3 is 0 Å². The molecule has 2 aromatic carbocycles. The van der Waals surface area contributed by atoms with E-state index in [1.165, 1.54) is 6.20 Å². The number of rotatable bonds is 6. The highest BCUT2D eigenvalue weighted by Crippen LogP contribution is 2.23. The summed E-state index contributed by atoms with van der Waals surface area (Å²) in [5.74, 6) is -0.480. The Labute approximate surface area is 157 Å². The number of nitrogens with one attached hydrogen (secondary N) is 2. The number of benzene rings is 2. The van der Waals surface area contributed by atoms with E-state index in [2.05, 4.69) is 10.6 Å². The maximum absolute atomic E-state index is 12.2. The normalized spacial score (nSPS) is 10.9. The first kappa shape index (κ1) is 18.9. The lowest BCUT2D eigenvalue weighted by molar-refractivity contribution is -0.112. The molecule has 0 aliphatic heterocycles. The summed E-state index contributed by atoms with van der Waals surface area (Å²) < 4.78 is 0. The molecule has 2 rings (SSSR count). The molecule has 0 fully saturated rings. The van der Waals surface area contributed by atoms with Crippen molar-refractivity contribution >= 4 is 34.8 Å². The van der Waals surface area contributed by atoms with Crippen molar-refractivity contribution in [3.8, 4) is 6.07 Å². The van der Waals surface area contributed by atoms with Crippen molar-refractivity contribution in [2.24, 2.45) is 0 Å². The summed E-state index contributed by atoms with van der Waals surface area (Å²) in [6.45, 7) is 2.40. The van der Waals surface area contributed by atoms with Crippen LogP contribution in [0.4, 0.5) is 5.69 Å². The smallest absolute Gasteiger partial charge is 0.267 e. The molecule has 2 N–H and O–H groups in total. The maximum atomic E-state index is 12.2. The predicted molar refractivity (Wildman–Crippen MR) is 102 cm³/mol. The highest BCUT2D eigenvalue weighted by molar-refractivity contribution is 6.32. The van der Waals surface area contributed by atoms with Gasteiger partial charge in [0.2, 0.25) is 0 Å². The zero-order valence-corrected chi connectivity index (χ0v) is 15.2. The number of anilines is 1. The Morgan fingerprint density at radius 1 is 1.20 bits per heavy atom. The second-order valence-electron chi connectivity index (χ2n) is 5.37. The van der Waals surface area contributed by atoms with Crippen molar-refractivity contribution in [2.75, 3.05) is 11.9 Å². The number of nitrogens with zero attached hydrogens (tertiary/aromatic N) is 1. The average Bonchev–Trinajstić information content (AvgIpc) is 2.60. The topological polar surface area (TPSA) is 64.9 Å². The molecule has 0 aliphatic rings. The predicted octanol–water partition coefficient (Wildman–Crippen LogP) is 4.48. The van der Waals surface area contributed by atoms with Crippen molar-refractivity contribution in [1.82, 2.24) is 5.32 Å². The standard InChI is InChI=1S/C19H17Cl2N3O/c1-13-17(21)3-2-4-18(13)24-19(25)15(11-22)12-23-10-9-14-5-7-16(20)8-6-14/h2-8,12,23H,9-10H2,1H3,(H,24,25)/b15-12-. The number of halogens is 2. The SMILES string of the molecule is Cc1c(Cl)cccc1NC(=O)/C(C#N)=C\NCCc1ccc(Cl)cc1. The van der Waals surface area contributed by atoms with Crippen LogP contribution in [0.2, 0.25) is 10.0 Å². The molecule has 0 spiro atoms. The van der Waals surface area contributed by atoms with E-state index >= 15 is 0 Å². The van der Waals surface area contributed by atoms with Crippen LogP contribution in [0.1, 0.15) is 11.1 Å². The molecule has 0 radical (unpaired) electrons. The summed E-state index contributed by atoms with van der Waals surface area (Å²) in [6, 6.07) is 14.7. The molecule has 0 unspecified atom stereocenters. The summed E-state index contributed by atoms with van der Waals surface area (Å²) in [5.41, 5.74) is 2.45. The van der Waals surface area contributed by atoms with Crippen molar-refractivity contribution in [1.29, 1.82) is 5.26 Å². The third-order valence-electron chi connectivity index (χ3n) is 3.60. The minimum Gasteiger partial charge on any atom is -0.389 e. The van der Waals surface area contributed by atoms with Gasteiger partial charge in [-0.05, 0) is 48.7 Å². The fraction of sp³-hybridized carbons (Fsp3) is 0.158. The van der Waals surface area contributed by atoms with Crippen LogP contribution in [0.25, 0.3) is 0 Å². The summed E-state index contributed by atoms with van der Waals surface area (Å²) in [5, 5.41) is 16.1. The Bertz CT molecular complexity index is 824. The quantitative estimate of drug-likeness (QED) is 0.445. The lowest BCUT2D eigenvalue weighted by Gasteiger charge is -2.09. The monoisotopic (exact) mass is 373 g/mol. The highest BCUT2D eigenvalue weighted by atomic mass is 35.5.